The Morgan fingerprint density at radius 3 is 2.38 bits per heavy atom. The molecule has 0 aromatic rings. The van der Waals surface area contributed by atoms with E-state index in [0.717, 1.165) is 0 Å². The van der Waals surface area contributed by atoms with Gasteiger partial charge < -0.3 is 9.05 Å². The van der Waals surface area contributed by atoms with Gasteiger partial charge in [0.15, 0.2) is 0 Å². The third-order valence-electron chi connectivity index (χ3n) is 1.56. The zero-order valence-electron chi connectivity index (χ0n) is 10.5. The molecule has 0 rings (SSSR count). The van der Waals surface area contributed by atoms with Gasteiger partial charge in [0, 0.05) is 20.2 Å². The Morgan fingerprint density at radius 2 is 1.94 bits per heavy atom. The first-order chi connectivity index (χ1) is 7.16. The van der Waals surface area contributed by atoms with E-state index in [-0.39, 0.29) is 18.8 Å². The second kappa shape index (κ2) is 6.36. The van der Waals surface area contributed by atoms with Gasteiger partial charge in [-0.3, -0.25) is 9.36 Å². The summed E-state index contributed by atoms with van der Waals surface area (Å²) in [5.74, 6) is 2.41. The first-order valence-corrected chi connectivity index (χ1v) is 10.5. The number of hydrogen-bond acceptors (Lipinski definition) is 4. The fourth-order valence-electron chi connectivity index (χ4n) is 0.677. The van der Waals surface area contributed by atoms with Crippen LogP contribution in [0.2, 0.25) is 19.6 Å². The van der Waals surface area contributed by atoms with Gasteiger partial charge in [0.1, 0.15) is 8.07 Å². The van der Waals surface area contributed by atoms with Gasteiger partial charge in [0.25, 0.3) is 0 Å². The van der Waals surface area contributed by atoms with Crippen molar-refractivity contribution < 1.29 is 18.4 Å². The van der Waals surface area contributed by atoms with Gasteiger partial charge in [-0.15, -0.1) is 5.54 Å². The Morgan fingerprint density at radius 1 is 1.38 bits per heavy atom. The second-order valence-corrected chi connectivity index (χ2v) is 11.4. The van der Waals surface area contributed by atoms with Crippen molar-refractivity contribution in [3.05, 3.63) is 0 Å². The Bertz CT molecular complexity index is 348. The van der Waals surface area contributed by atoms with E-state index in [2.05, 4.69) is 35.6 Å². The van der Waals surface area contributed by atoms with Gasteiger partial charge in [-0.1, -0.05) is 19.6 Å². The van der Waals surface area contributed by atoms with E-state index < -0.39 is 15.7 Å². The molecular weight excluding hydrogens is 243 g/mol. The molecule has 0 saturated heterocycles. The van der Waals surface area contributed by atoms with Crippen molar-refractivity contribution in [3.8, 4) is 11.5 Å². The molecule has 0 heterocycles. The highest BCUT2D eigenvalue weighted by atomic mass is 31.2. The second-order valence-electron chi connectivity index (χ2n) is 4.46. The fourth-order valence-corrected chi connectivity index (χ4v) is 1.72. The zero-order chi connectivity index (χ0) is 12.8. The number of hydrogen-bond donors (Lipinski definition) is 0. The van der Waals surface area contributed by atoms with E-state index in [0.29, 0.717) is 0 Å². The molecule has 6 heteroatoms. The molecule has 0 unspecified atom stereocenters. The highest BCUT2D eigenvalue weighted by Crippen LogP contribution is 2.42. The van der Waals surface area contributed by atoms with E-state index >= 15 is 0 Å². The number of carbonyl (C=O) groups is 1. The molecule has 0 bridgehead atoms. The van der Waals surface area contributed by atoms with Crippen LogP contribution in [0, 0.1) is 11.5 Å². The van der Waals surface area contributed by atoms with Crippen molar-refractivity contribution in [2.75, 3.05) is 20.4 Å². The summed E-state index contributed by atoms with van der Waals surface area (Å²) >= 11 is 0. The first-order valence-electron chi connectivity index (χ1n) is 5.00. The molecule has 0 spiro atoms. The topological polar surface area (TPSA) is 52.6 Å². The van der Waals surface area contributed by atoms with Crippen LogP contribution in [0.25, 0.3) is 0 Å². The lowest BCUT2D eigenvalue weighted by Gasteiger charge is -2.09. The number of rotatable bonds is 5. The molecule has 0 fully saturated rings. The third kappa shape index (κ3) is 8.87. The SMILES string of the molecule is CO[P@](C)(=O)OCCC(=O)C#C[Si](C)(C)C. The Labute approximate surface area is 98.3 Å². The molecule has 92 valence electrons. The number of ketones is 1. The minimum absolute atomic E-state index is 0.0842. The van der Waals surface area contributed by atoms with Gasteiger partial charge in [-0.25, -0.2) is 0 Å². The Kier molecular flexibility index (Phi) is 6.20. The fraction of sp³-hybridized carbons (Fsp3) is 0.700. The lowest BCUT2D eigenvalue weighted by Crippen LogP contribution is -2.17. The van der Waals surface area contributed by atoms with Crippen molar-refractivity contribution in [3.63, 3.8) is 0 Å². The normalized spacial score (nSPS) is 14.8. The Balaban J connectivity index is 4.00. The molecule has 0 aromatic heterocycles. The molecule has 0 N–H and O–H groups in total. The predicted octanol–water partition coefficient (Wildman–Crippen LogP) is 2.31. The van der Waals surface area contributed by atoms with Crippen molar-refractivity contribution in [1.29, 1.82) is 0 Å². The highest BCUT2D eigenvalue weighted by Gasteiger charge is 2.14. The van der Waals surface area contributed by atoms with Gasteiger partial charge in [0.05, 0.1) is 6.61 Å². The summed E-state index contributed by atoms with van der Waals surface area (Å²) in [4.78, 5) is 11.3. The van der Waals surface area contributed by atoms with E-state index in [1.165, 1.54) is 13.8 Å². The van der Waals surface area contributed by atoms with Crippen molar-refractivity contribution in [1.82, 2.24) is 0 Å². The van der Waals surface area contributed by atoms with E-state index in [1.807, 2.05) is 0 Å². The quantitative estimate of drug-likeness (QED) is 0.433. The largest absolute Gasteiger partial charge is 0.327 e. The average molecular weight is 262 g/mol. The monoisotopic (exact) mass is 262 g/mol. The molecule has 0 amide bonds. The third-order valence-corrected chi connectivity index (χ3v) is 3.75. The Hall–Kier alpha value is -0.403. The van der Waals surface area contributed by atoms with E-state index in [1.54, 1.807) is 0 Å². The molecule has 4 nitrogen and oxygen atoms in total. The summed E-state index contributed by atoms with van der Waals surface area (Å²) in [7, 11) is -3.16. The van der Waals surface area contributed by atoms with Gasteiger partial charge in [-0.05, 0) is 5.92 Å². The summed E-state index contributed by atoms with van der Waals surface area (Å²) < 4.78 is 20.9. The molecular formula is C10H19O4PSi. The average Bonchev–Trinajstić information content (AvgIpc) is 2.13. The number of carbonyl (C=O) groups excluding carboxylic acids is 1. The van der Waals surface area contributed by atoms with Gasteiger partial charge >= 0.3 is 7.60 Å². The van der Waals surface area contributed by atoms with Crippen LogP contribution in [-0.2, 0) is 18.4 Å². The maximum Gasteiger partial charge on any atom is 0.327 e. The lowest BCUT2D eigenvalue weighted by atomic mass is 10.3. The maximum absolute atomic E-state index is 11.3. The van der Waals surface area contributed by atoms with E-state index in [4.69, 9.17) is 4.52 Å². The van der Waals surface area contributed by atoms with Crippen LogP contribution in [-0.4, -0.2) is 34.2 Å². The van der Waals surface area contributed by atoms with Crippen LogP contribution in [0.4, 0.5) is 0 Å². The van der Waals surface area contributed by atoms with Crippen LogP contribution in [0.1, 0.15) is 6.42 Å². The smallest absolute Gasteiger partial charge is 0.312 e. The molecule has 0 aliphatic rings. The maximum atomic E-state index is 11.3. The molecule has 0 saturated carbocycles. The molecule has 0 aliphatic heterocycles. The van der Waals surface area contributed by atoms with Gasteiger partial charge in [0.2, 0.25) is 5.78 Å². The summed E-state index contributed by atoms with van der Waals surface area (Å²) in [6.07, 6.45) is 0.151. The van der Waals surface area contributed by atoms with E-state index in [9.17, 15) is 9.36 Å². The predicted molar refractivity (Wildman–Crippen MR) is 67.2 cm³/mol. The summed E-state index contributed by atoms with van der Waals surface area (Å²) in [5.41, 5.74) is 2.97. The van der Waals surface area contributed by atoms with Crippen LogP contribution in [0.15, 0.2) is 0 Å². The number of Topliss-reactive ketones (excluding diaryl/α,β-unsaturated/α-hetero) is 1. The van der Waals surface area contributed by atoms with Crippen LogP contribution < -0.4 is 0 Å². The molecule has 0 aliphatic carbocycles. The zero-order valence-corrected chi connectivity index (χ0v) is 12.4. The molecule has 0 radical (unpaired) electrons. The minimum atomic E-state index is -2.97. The van der Waals surface area contributed by atoms with Gasteiger partial charge in [-0.2, -0.15) is 0 Å². The van der Waals surface area contributed by atoms with Crippen molar-refractivity contribution in [2.24, 2.45) is 0 Å². The molecule has 1 atom stereocenters. The summed E-state index contributed by atoms with van der Waals surface area (Å²) in [6, 6.07) is 0. The van der Waals surface area contributed by atoms with Crippen LogP contribution >= 0.6 is 7.60 Å². The van der Waals surface area contributed by atoms with Crippen LogP contribution in [0.5, 0.6) is 0 Å². The lowest BCUT2D eigenvalue weighted by molar-refractivity contribution is -0.114. The highest BCUT2D eigenvalue weighted by molar-refractivity contribution is 7.52. The standard InChI is InChI=1S/C10H19O4PSi/c1-13-15(2,12)14-8-6-10(11)7-9-16(3,4)5/h6,8H2,1-5H3/t15-/m0/s1. The summed E-state index contributed by atoms with van der Waals surface area (Å²) in [5, 5.41) is 0. The van der Waals surface area contributed by atoms with Crippen molar-refractivity contribution in [2.45, 2.75) is 26.1 Å². The molecule has 0 aromatic carbocycles. The first kappa shape index (κ1) is 15.6. The van der Waals surface area contributed by atoms with Crippen molar-refractivity contribution >= 4 is 21.5 Å². The minimum Gasteiger partial charge on any atom is -0.312 e. The molecule has 16 heavy (non-hydrogen) atoms. The van der Waals surface area contributed by atoms with Crippen LogP contribution in [0.3, 0.4) is 0 Å². The summed E-state index contributed by atoms with van der Waals surface area (Å²) in [6.45, 7) is 7.64.